The van der Waals surface area contributed by atoms with Crippen molar-refractivity contribution in [3.05, 3.63) is 36.4 Å². The van der Waals surface area contributed by atoms with E-state index >= 15 is 0 Å². The van der Waals surface area contributed by atoms with E-state index in [2.05, 4.69) is 9.97 Å². The van der Waals surface area contributed by atoms with Crippen molar-refractivity contribution in [2.45, 2.75) is 6.92 Å². The fourth-order valence-corrected chi connectivity index (χ4v) is 1.64. The summed E-state index contributed by atoms with van der Waals surface area (Å²) in [6, 6.07) is 3.99. The third-order valence-electron chi connectivity index (χ3n) is 2.30. The van der Waals surface area contributed by atoms with E-state index in [-0.39, 0.29) is 0 Å². The molecule has 0 saturated carbocycles. The number of pyridine rings is 2. The smallest absolute Gasteiger partial charge is 0.153 e. The second-order valence-electron chi connectivity index (χ2n) is 3.30. The predicted octanol–water partition coefficient (Wildman–Crippen LogP) is 2.68. The zero-order valence-electron chi connectivity index (χ0n) is 7.69. The van der Waals surface area contributed by atoms with Crippen LogP contribution in [0, 0.1) is 6.92 Å². The Balaban J connectivity index is 2.58. The van der Waals surface area contributed by atoms with Gasteiger partial charge >= 0.3 is 0 Å². The fraction of sp³-hybridized carbons (Fsp3) is 0.0909. The molecular formula is C11H8N2O. The van der Waals surface area contributed by atoms with Gasteiger partial charge in [-0.2, -0.15) is 0 Å². The molecule has 0 aliphatic rings. The first-order valence-electron chi connectivity index (χ1n) is 4.43. The second kappa shape index (κ2) is 2.54. The summed E-state index contributed by atoms with van der Waals surface area (Å²) >= 11 is 0. The number of aromatic nitrogens is 2. The number of furan rings is 1. The Morgan fingerprint density at radius 3 is 2.93 bits per heavy atom. The van der Waals surface area contributed by atoms with Gasteiger partial charge in [-0.3, -0.25) is 9.97 Å². The van der Waals surface area contributed by atoms with Gasteiger partial charge in [0.1, 0.15) is 0 Å². The van der Waals surface area contributed by atoms with Gasteiger partial charge in [0, 0.05) is 22.7 Å². The lowest BCUT2D eigenvalue weighted by Crippen LogP contribution is -1.77. The van der Waals surface area contributed by atoms with E-state index in [4.69, 9.17) is 4.42 Å². The van der Waals surface area contributed by atoms with Crippen LogP contribution in [0.5, 0.6) is 0 Å². The molecule has 3 aromatic rings. The molecule has 3 rings (SSSR count). The first-order valence-corrected chi connectivity index (χ1v) is 4.43. The normalized spacial score (nSPS) is 11.2. The van der Waals surface area contributed by atoms with Crippen LogP contribution in [0.4, 0.5) is 0 Å². The zero-order valence-corrected chi connectivity index (χ0v) is 7.69. The topological polar surface area (TPSA) is 38.9 Å². The summed E-state index contributed by atoms with van der Waals surface area (Å²) in [4.78, 5) is 8.20. The van der Waals surface area contributed by atoms with Crippen molar-refractivity contribution in [3.63, 3.8) is 0 Å². The SMILES string of the molecule is Cc1cc2c(cn1)oc1cnccc12. The molecule has 0 saturated heterocycles. The van der Waals surface area contributed by atoms with Crippen molar-refractivity contribution in [3.8, 4) is 0 Å². The van der Waals surface area contributed by atoms with Crippen LogP contribution in [-0.4, -0.2) is 9.97 Å². The molecule has 0 aliphatic heterocycles. The minimum absolute atomic E-state index is 0.815. The van der Waals surface area contributed by atoms with Gasteiger partial charge in [-0.25, -0.2) is 0 Å². The molecule has 0 radical (unpaired) electrons. The molecule has 3 heteroatoms. The molecule has 0 unspecified atom stereocenters. The summed E-state index contributed by atoms with van der Waals surface area (Å²) in [5, 5.41) is 2.20. The van der Waals surface area contributed by atoms with Crippen molar-refractivity contribution < 1.29 is 4.42 Å². The van der Waals surface area contributed by atoms with Crippen LogP contribution in [0.3, 0.4) is 0 Å². The predicted molar refractivity (Wildman–Crippen MR) is 54.0 cm³/mol. The number of fused-ring (bicyclic) bond motifs is 3. The number of rotatable bonds is 0. The van der Waals surface area contributed by atoms with E-state index in [9.17, 15) is 0 Å². The Labute approximate surface area is 80.4 Å². The van der Waals surface area contributed by atoms with Crippen molar-refractivity contribution in [2.75, 3.05) is 0 Å². The molecule has 0 N–H and O–H groups in total. The molecule has 3 heterocycles. The Morgan fingerprint density at radius 1 is 1.14 bits per heavy atom. The molecule has 3 aromatic heterocycles. The first-order chi connectivity index (χ1) is 6.84. The molecule has 0 bridgehead atoms. The molecular weight excluding hydrogens is 176 g/mol. The maximum absolute atomic E-state index is 5.58. The highest BCUT2D eigenvalue weighted by Crippen LogP contribution is 2.27. The second-order valence-corrected chi connectivity index (χ2v) is 3.30. The van der Waals surface area contributed by atoms with Gasteiger partial charge in [-0.05, 0) is 19.1 Å². The van der Waals surface area contributed by atoms with E-state index in [0.29, 0.717) is 0 Å². The quantitative estimate of drug-likeness (QED) is 0.539. The van der Waals surface area contributed by atoms with Gasteiger partial charge in [-0.1, -0.05) is 0 Å². The Kier molecular flexibility index (Phi) is 1.36. The highest BCUT2D eigenvalue weighted by molar-refractivity contribution is 6.04. The van der Waals surface area contributed by atoms with Crippen molar-refractivity contribution >= 4 is 21.9 Å². The molecule has 0 fully saturated rings. The maximum atomic E-state index is 5.58. The van der Waals surface area contributed by atoms with E-state index in [1.54, 1.807) is 18.6 Å². The van der Waals surface area contributed by atoms with E-state index in [0.717, 1.165) is 27.6 Å². The van der Waals surface area contributed by atoms with Gasteiger partial charge in [0.05, 0.1) is 12.4 Å². The zero-order chi connectivity index (χ0) is 9.54. The number of aryl methyl sites for hydroxylation is 1. The van der Waals surface area contributed by atoms with Gasteiger partial charge in [0.25, 0.3) is 0 Å². The highest BCUT2D eigenvalue weighted by atomic mass is 16.3. The molecule has 0 amide bonds. The lowest BCUT2D eigenvalue weighted by atomic mass is 10.2. The third-order valence-corrected chi connectivity index (χ3v) is 2.30. The summed E-state index contributed by atoms with van der Waals surface area (Å²) in [6.45, 7) is 1.97. The monoisotopic (exact) mass is 184 g/mol. The van der Waals surface area contributed by atoms with Crippen LogP contribution in [0.1, 0.15) is 5.69 Å². The van der Waals surface area contributed by atoms with Crippen LogP contribution in [0.25, 0.3) is 21.9 Å². The van der Waals surface area contributed by atoms with Crippen LogP contribution < -0.4 is 0 Å². The summed E-state index contributed by atoms with van der Waals surface area (Å²) in [5.74, 6) is 0. The van der Waals surface area contributed by atoms with Crippen LogP contribution in [0.2, 0.25) is 0 Å². The van der Waals surface area contributed by atoms with Gasteiger partial charge in [0.15, 0.2) is 11.2 Å². The van der Waals surface area contributed by atoms with Gasteiger partial charge < -0.3 is 4.42 Å². The fourth-order valence-electron chi connectivity index (χ4n) is 1.64. The molecule has 0 aromatic carbocycles. The van der Waals surface area contributed by atoms with Gasteiger partial charge in [0.2, 0.25) is 0 Å². The Morgan fingerprint density at radius 2 is 2.00 bits per heavy atom. The van der Waals surface area contributed by atoms with E-state index < -0.39 is 0 Å². The molecule has 68 valence electrons. The number of hydrogen-bond acceptors (Lipinski definition) is 3. The molecule has 0 spiro atoms. The molecule has 0 aliphatic carbocycles. The standard InChI is InChI=1S/C11H8N2O/c1-7-4-9-8-2-3-12-5-10(8)14-11(9)6-13-7/h2-6H,1H3. The van der Waals surface area contributed by atoms with Crippen molar-refractivity contribution in [1.82, 2.24) is 9.97 Å². The van der Waals surface area contributed by atoms with Crippen LogP contribution >= 0.6 is 0 Å². The van der Waals surface area contributed by atoms with Crippen molar-refractivity contribution in [2.24, 2.45) is 0 Å². The summed E-state index contributed by atoms with van der Waals surface area (Å²) in [6.07, 6.45) is 5.25. The first kappa shape index (κ1) is 7.50. The minimum atomic E-state index is 0.815. The highest BCUT2D eigenvalue weighted by Gasteiger charge is 2.06. The molecule has 3 nitrogen and oxygen atoms in total. The van der Waals surface area contributed by atoms with Crippen molar-refractivity contribution in [1.29, 1.82) is 0 Å². The largest absolute Gasteiger partial charge is 0.453 e. The van der Waals surface area contributed by atoms with Gasteiger partial charge in [-0.15, -0.1) is 0 Å². The summed E-state index contributed by atoms with van der Waals surface area (Å²) in [7, 11) is 0. The summed E-state index contributed by atoms with van der Waals surface area (Å²) < 4.78 is 5.58. The van der Waals surface area contributed by atoms with Crippen LogP contribution in [0.15, 0.2) is 35.1 Å². The van der Waals surface area contributed by atoms with Crippen LogP contribution in [-0.2, 0) is 0 Å². The number of hydrogen-bond donors (Lipinski definition) is 0. The average Bonchev–Trinajstić information content (AvgIpc) is 2.56. The minimum Gasteiger partial charge on any atom is -0.453 e. The average molecular weight is 184 g/mol. The Bertz CT molecular complexity index is 613. The lowest BCUT2D eigenvalue weighted by Gasteiger charge is -1.90. The Hall–Kier alpha value is -1.90. The van der Waals surface area contributed by atoms with E-state index in [1.165, 1.54) is 0 Å². The maximum Gasteiger partial charge on any atom is 0.153 e. The third kappa shape index (κ3) is 0.923. The molecule has 14 heavy (non-hydrogen) atoms. The summed E-state index contributed by atoms with van der Waals surface area (Å²) in [5.41, 5.74) is 2.63. The lowest BCUT2D eigenvalue weighted by molar-refractivity contribution is 0.664. The van der Waals surface area contributed by atoms with E-state index in [1.807, 2.05) is 19.1 Å². The molecule has 0 atom stereocenters. The number of nitrogens with zero attached hydrogens (tertiary/aromatic N) is 2.